The number of hydrogen-bond acceptors (Lipinski definition) is 2. The predicted octanol–water partition coefficient (Wildman–Crippen LogP) is 3.65. The molecule has 0 aliphatic rings. The van der Waals surface area contributed by atoms with Gasteiger partial charge in [-0.2, -0.15) is 0 Å². The van der Waals surface area contributed by atoms with Crippen molar-refractivity contribution in [2.45, 2.75) is 32.7 Å². The molecule has 1 aromatic carbocycles. The summed E-state index contributed by atoms with van der Waals surface area (Å²) in [6.45, 7) is 4.83. The third-order valence-corrected chi connectivity index (χ3v) is 2.37. The van der Waals surface area contributed by atoms with Crippen LogP contribution in [-0.4, -0.2) is 12.9 Å². The van der Waals surface area contributed by atoms with E-state index in [0.717, 1.165) is 18.5 Å². The van der Waals surface area contributed by atoms with Crippen LogP contribution in [0, 0.1) is 0 Å². The van der Waals surface area contributed by atoms with Gasteiger partial charge in [-0.15, -0.1) is 13.2 Å². The Bertz CT molecular complexity index is 335. The third kappa shape index (κ3) is 4.65. The molecule has 1 aromatic rings. The Hall–Kier alpha value is -1.23. The number of hydrogen-bond donors (Lipinski definition) is 1. The first-order chi connectivity index (χ1) is 7.96. The molecule has 96 valence electrons. The molecule has 0 saturated heterocycles. The molecule has 0 aliphatic carbocycles. The summed E-state index contributed by atoms with van der Waals surface area (Å²) in [5.41, 5.74) is 0.962. The van der Waals surface area contributed by atoms with Gasteiger partial charge in [-0.3, -0.25) is 0 Å². The van der Waals surface area contributed by atoms with Crippen molar-refractivity contribution >= 4 is 0 Å². The van der Waals surface area contributed by atoms with Crippen molar-refractivity contribution in [3.05, 3.63) is 29.8 Å². The molecule has 1 atom stereocenters. The summed E-state index contributed by atoms with van der Waals surface area (Å²) in [4.78, 5) is 0. The Labute approximate surface area is 98.8 Å². The van der Waals surface area contributed by atoms with Crippen LogP contribution in [0.5, 0.6) is 5.75 Å². The largest absolute Gasteiger partial charge is 0.573 e. The Balaban J connectivity index is 2.73. The number of benzene rings is 1. The highest BCUT2D eigenvalue weighted by Crippen LogP contribution is 2.25. The van der Waals surface area contributed by atoms with Crippen LogP contribution in [0.3, 0.4) is 0 Å². The van der Waals surface area contributed by atoms with E-state index in [1.54, 1.807) is 12.1 Å². The molecule has 0 spiro atoms. The van der Waals surface area contributed by atoms with Gasteiger partial charge in [-0.05, 0) is 30.7 Å². The second kappa shape index (κ2) is 5.91. The first-order valence-electron chi connectivity index (χ1n) is 5.55. The van der Waals surface area contributed by atoms with Gasteiger partial charge in [0, 0.05) is 6.04 Å². The number of rotatable bonds is 5. The lowest BCUT2D eigenvalue weighted by Gasteiger charge is -2.16. The van der Waals surface area contributed by atoms with E-state index < -0.39 is 6.36 Å². The Morgan fingerprint density at radius 3 is 2.18 bits per heavy atom. The average Bonchev–Trinajstić information content (AvgIpc) is 2.25. The van der Waals surface area contributed by atoms with Gasteiger partial charge >= 0.3 is 6.36 Å². The standard InChI is InChI=1S/C12H16F3NO/c1-3-11(16-4-2)9-5-7-10(8-6-9)17-12(13,14)15/h5-8,11,16H,3-4H2,1-2H3/t11-/m1/s1. The first-order valence-corrected chi connectivity index (χ1v) is 5.55. The number of alkyl halides is 3. The molecule has 0 amide bonds. The highest BCUT2D eigenvalue weighted by atomic mass is 19.4. The molecule has 0 saturated carbocycles. The molecule has 5 heteroatoms. The van der Waals surface area contributed by atoms with E-state index in [2.05, 4.69) is 10.1 Å². The molecule has 0 unspecified atom stereocenters. The minimum atomic E-state index is -4.63. The van der Waals surface area contributed by atoms with Gasteiger partial charge in [0.2, 0.25) is 0 Å². The van der Waals surface area contributed by atoms with Crippen molar-refractivity contribution in [3.63, 3.8) is 0 Å². The van der Waals surface area contributed by atoms with E-state index in [-0.39, 0.29) is 11.8 Å². The zero-order valence-electron chi connectivity index (χ0n) is 9.84. The molecular formula is C12H16F3NO. The summed E-state index contributed by atoms with van der Waals surface area (Å²) in [5.74, 6) is -0.187. The molecule has 0 aromatic heterocycles. The summed E-state index contributed by atoms with van der Waals surface area (Å²) in [6, 6.07) is 6.14. The van der Waals surface area contributed by atoms with Crippen molar-refractivity contribution in [1.82, 2.24) is 5.32 Å². The maximum atomic E-state index is 12.0. The van der Waals surface area contributed by atoms with Crippen LogP contribution in [0.25, 0.3) is 0 Å². The van der Waals surface area contributed by atoms with Crippen LogP contribution < -0.4 is 10.1 Å². The Morgan fingerprint density at radius 2 is 1.76 bits per heavy atom. The number of nitrogens with one attached hydrogen (secondary N) is 1. The van der Waals surface area contributed by atoms with E-state index in [9.17, 15) is 13.2 Å². The number of halogens is 3. The summed E-state index contributed by atoms with van der Waals surface area (Å²) in [6.07, 6.45) is -3.75. The average molecular weight is 247 g/mol. The Kier molecular flexibility index (Phi) is 4.81. The lowest BCUT2D eigenvalue weighted by molar-refractivity contribution is -0.274. The summed E-state index contributed by atoms with van der Waals surface area (Å²) < 4.78 is 39.7. The monoisotopic (exact) mass is 247 g/mol. The van der Waals surface area contributed by atoms with Gasteiger partial charge in [0.25, 0.3) is 0 Å². The maximum absolute atomic E-state index is 12.0. The molecule has 1 rings (SSSR count). The van der Waals surface area contributed by atoms with E-state index in [0.29, 0.717) is 0 Å². The highest BCUT2D eigenvalue weighted by Gasteiger charge is 2.31. The molecule has 17 heavy (non-hydrogen) atoms. The van der Waals surface area contributed by atoms with Crippen molar-refractivity contribution in [3.8, 4) is 5.75 Å². The van der Waals surface area contributed by atoms with Gasteiger partial charge in [0.05, 0.1) is 0 Å². The normalized spacial score (nSPS) is 13.5. The fourth-order valence-electron chi connectivity index (χ4n) is 1.65. The number of ether oxygens (including phenoxy) is 1. The quantitative estimate of drug-likeness (QED) is 0.857. The minimum absolute atomic E-state index is 0.167. The van der Waals surface area contributed by atoms with Crippen LogP contribution in [-0.2, 0) is 0 Å². The topological polar surface area (TPSA) is 21.3 Å². The maximum Gasteiger partial charge on any atom is 0.573 e. The van der Waals surface area contributed by atoms with Crippen LogP contribution in [0.4, 0.5) is 13.2 Å². The van der Waals surface area contributed by atoms with Gasteiger partial charge in [-0.1, -0.05) is 26.0 Å². The molecule has 0 aliphatic heterocycles. The summed E-state index contributed by atoms with van der Waals surface area (Å²) in [7, 11) is 0. The highest BCUT2D eigenvalue weighted by molar-refractivity contribution is 5.29. The lowest BCUT2D eigenvalue weighted by atomic mass is 10.0. The predicted molar refractivity (Wildman–Crippen MR) is 59.8 cm³/mol. The minimum Gasteiger partial charge on any atom is -0.406 e. The van der Waals surface area contributed by atoms with Crippen LogP contribution in [0.15, 0.2) is 24.3 Å². The first kappa shape index (κ1) is 13.8. The van der Waals surface area contributed by atoms with Crippen LogP contribution in [0.1, 0.15) is 31.9 Å². The summed E-state index contributed by atoms with van der Waals surface area (Å²) >= 11 is 0. The van der Waals surface area contributed by atoms with E-state index in [1.807, 2.05) is 13.8 Å². The molecule has 0 heterocycles. The van der Waals surface area contributed by atoms with Crippen molar-refractivity contribution < 1.29 is 17.9 Å². The van der Waals surface area contributed by atoms with Crippen molar-refractivity contribution in [2.24, 2.45) is 0 Å². The molecule has 0 bridgehead atoms. The van der Waals surface area contributed by atoms with Gasteiger partial charge in [0.1, 0.15) is 5.75 Å². The third-order valence-electron chi connectivity index (χ3n) is 2.37. The van der Waals surface area contributed by atoms with Crippen molar-refractivity contribution in [1.29, 1.82) is 0 Å². The summed E-state index contributed by atoms with van der Waals surface area (Å²) in [5, 5.41) is 3.25. The van der Waals surface area contributed by atoms with Gasteiger partial charge in [-0.25, -0.2) is 0 Å². The van der Waals surface area contributed by atoms with E-state index in [1.165, 1.54) is 12.1 Å². The van der Waals surface area contributed by atoms with Crippen molar-refractivity contribution in [2.75, 3.05) is 6.54 Å². The second-order valence-corrected chi connectivity index (χ2v) is 3.64. The molecule has 0 fully saturated rings. The zero-order chi connectivity index (χ0) is 12.9. The van der Waals surface area contributed by atoms with E-state index >= 15 is 0 Å². The van der Waals surface area contributed by atoms with Gasteiger partial charge in [0.15, 0.2) is 0 Å². The smallest absolute Gasteiger partial charge is 0.406 e. The molecule has 0 radical (unpaired) electrons. The van der Waals surface area contributed by atoms with E-state index in [4.69, 9.17) is 0 Å². The fourth-order valence-corrected chi connectivity index (χ4v) is 1.65. The van der Waals surface area contributed by atoms with Crippen LogP contribution >= 0.6 is 0 Å². The molecule has 1 N–H and O–H groups in total. The molecule has 2 nitrogen and oxygen atoms in total. The SMILES string of the molecule is CCN[C@H](CC)c1ccc(OC(F)(F)F)cc1. The van der Waals surface area contributed by atoms with Crippen LogP contribution in [0.2, 0.25) is 0 Å². The van der Waals surface area contributed by atoms with Gasteiger partial charge < -0.3 is 10.1 Å². The second-order valence-electron chi connectivity index (χ2n) is 3.64. The fraction of sp³-hybridized carbons (Fsp3) is 0.500. The Morgan fingerprint density at radius 1 is 1.18 bits per heavy atom. The molecular weight excluding hydrogens is 231 g/mol. The lowest BCUT2D eigenvalue weighted by Crippen LogP contribution is -2.20. The zero-order valence-corrected chi connectivity index (χ0v) is 9.84.